The van der Waals surface area contributed by atoms with Crippen LogP contribution >= 0.6 is 0 Å². The van der Waals surface area contributed by atoms with Crippen molar-refractivity contribution in [3.05, 3.63) is 59.9 Å². The number of aromatic nitrogens is 1. The van der Waals surface area contributed by atoms with Crippen molar-refractivity contribution in [1.29, 1.82) is 0 Å². The lowest BCUT2D eigenvalue weighted by Crippen LogP contribution is -2.37. The molecule has 0 aliphatic rings. The highest BCUT2D eigenvalue weighted by Crippen LogP contribution is 2.14. The zero-order valence-electron chi connectivity index (χ0n) is 12.7. The van der Waals surface area contributed by atoms with Gasteiger partial charge in [0.15, 0.2) is 0 Å². The Balaban J connectivity index is 1.94. The minimum atomic E-state index is -0.194. The predicted octanol–water partition coefficient (Wildman–Crippen LogP) is 2.17. The summed E-state index contributed by atoms with van der Waals surface area (Å²) in [7, 11) is 0. The number of hydrogen-bond acceptors (Lipinski definition) is 3. The summed E-state index contributed by atoms with van der Waals surface area (Å²) in [6, 6.07) is 11.1. The molecular weight excluding hydrogens is 278 g/mol. The molecule has 5 nitrogen and oxygen atoms in total. The molecule has 0 bridgehead atoms. The van der Waals surface area contributed by atoms with E-state index in [1.807, 2.05) is 31.2 Å². The quantitative estimate of drug-likeness (QED) is 0.920. The molecule has 1 heterocycles. The van der Waals surface area contributed by atoms with Crippen LogP contribution in [0.3, 0.4) is 0 Å². The number of pyridine rings is 1. The van der Waals surface area contributed by atoms with Crippen LogP contribution in [0.1, 0.15) is 22.8 Å². The fraction of sp³-hybridized carbons (Fsp3) is 0.235. The van der Waals surface area contributed by atoms with Crippen LogP contribution in [0.25, 0.3) is 0 Å². The highest BCUT2D eigenvalue weighted by atomic mass is 16.2. The third-order valence-electron chi connectivity index (χ3n) is 3.27. The Morgan fingerprint density at radius 3 is 2.50 bits per heavy atom. The van der Waals surface area contributed by atoms with E-state index in [1.54, 1.807) is 23.2 Å². The van der Waals surface area contributed by atoms with Gasteiger partial charge in [-0.3, -0.25) is 14.6 Å². The second-order valence-corrected chi connectivity index (χ2v) is 5.00. The molecule has 1 N–H and O–H groups in total. The van der Waals surface area contributed by atoms with E-state index in [9.17, 15) is 9.59 Å². The van der Waals surface area contributed by atoms with Gasteiger partial charge >= 0.3 is 0 Å². The summed E-state index contributed by atoms with van der Waals surface area (Å²) in [5.41, 5.74) is 2.47. The molecule has 0 atom stereocenters. The number of nitrogens with one attached hydrogen (secondary N) is 1. The van der Waals surface area contributed by atoms with E-state index < -0.39 is 0 Å². The number of benzene rings is 1. The summed E-state index contributed by atoms with van der Waals surface area (Å²) in [6.45, 7) is 4.31. The SMILES string of the molecule is CC(=O)N(CCNC(=O)c1cccnc1)c1ccc(C)cc1. The Bertz CT molecular complexity index is 639. The molecule has 2 rings (SSSR count). The lowest BCUT2D eigenvalue weighted by molar-refractivity contribution is -0.116. The number of anilines is 1. The maximum Gasteiger partial charge on any atom is 0.252 e. The van der Waals surface area contributed by atoms with E-state index in [-0.39, 0.29) is 11.8 Å². The molecule has 0 saturated carbocycles. The minimum absolute atomic E-state index is 0.0560. The number of rotatable bonds is 5. The zero-order valence-corrected chi connectivity index (χ0v) is 12.7. The average molecular weight is 297 g/mol. The Labute approximate surface area is 130 Å². The Morgan fingerprint density at radius 1 is 1.18 bits per heavy atom. The first-order valence-electron chi connectivity index (χ1n) is 7.11. The van der Waals surface area contributed by atoms with E-state index >= 15 is 0 Å². The van der Waals surface area contributed by atoms with Crippen molar-refractivity contribution in [1.82, 2.24) is 10.3 Å². The fourth-order valence-electron chi connectivity index (χ4n) is 2.07. The van der Waals surface area contributed by atoms with Gasteiger partial charge in [-0.1, -0.05) is 17.7 Å². The second-order valence-electron chi connectivity index (χ2n) is 5.00. The summed E-state index contributed by atoms with van der Waals surface area (Å²) in [5.74, 6) is -0.250. The van der Waals surface area contributed by atoms with Crippen LogP contribution < -0.4 is 10.2 Å². The zero-order chi connectivity index (χ0) is 15.9. The van der Waals surface area contributed by atoms with Gasteiger partial charge in [0, 0.05) is 38.1 Å². The first kappa shape index (κ1) is 15.7. The molecule has 0 aliphatic heterocycles. The third kappa shape index (κ3) is 4.15. The standard InChI is InChI=1S/C17H19N3O2/c1-13-5-7-16(8-6-13)20(14(2)21)11-10-19-17(22)15-4-3-9-18-12-15/h3-9,12H,10-11H2,1-2H3,(H,19,22). The molecule has 1 aromatic carbocycles. The van der Waals surface area contributed by atoms with E-state index in [4.69, 9.17) is 0 Å². The Morgan fingerprint density at radius 2 is 1.91 bits per heavy atom. The molecule has 0 spiro atoms. The summed E-state index contributed by atoms with van der Waals surface area (Å²) < 4.78 is 0. The maximum atomic E-state index is 11.9. The number of carbonyl (C=O) groups is 2. The largest absolute Gasteiger partial charge is 0.350 e. The van der Waals surface area contributed by atoms with Crippen LogP contribution in [0, 0.1) is 6.92 Å². The first-order valence-corrected chi connectivity index (χ1v) is 7.11. The molecular formula is C17H19N3O2. The van der Waals surface area contributed by atoms with Gasteiger partial charge < -0.3 is 10.2 Å². The summed E-state index contributed by atoms with van der Waals surface area (Å²) >= 11 is 0. The molecule has 0 unspecified atom stereocenters. The van der Waals surface area contributed by atoms with Crippen molar-refractivity contribution in [3.63, 3.8) is 0 Å². The second kappa shape index (κ2) is 7.36. The van der Waals surface area contributed by atoms with Crippen molar-refractivity contribution in [3.8, 4) is 0 Å². The van der Waals surface area contributed by atoms with Crippen LogP contribution in [0.4, 0.5) is 5.69 Å². The van der Waals surface area contributed by atoms with E-state index in [0.717, 1.165) is 11.3 Å². The topological polar surface area (TPSA) is 62.3 Å². The smallest absolute Gasteiger partial charge is 0.252 e. The molecule has 1 aromatic heterocycles. The normalized spacial score (nSPS) is 10.1. The van der Waals surface area contributed by atoms with Crippen LogP contribution in [0.15, 0.2) is 48.8 Å². The lowest BCUT2D eigenvalue weighted by Gasteiger charge is -2.21. The van der Waals surface area contributed by atoms with Crippen LogP contribution in [0.2, 0.25) is 0 Å². The molecule has 5 heteroatoms. The molecule has 2 aromatic rings. The third-order valence-corrected chi connectivity index (χ3v) is 3.27. The average Bonchev–Trinajstić information content (AvgIpc) is 2.53. The van der Waals surface area contributed by atoms with Crippen molar-refractivity contribution >= 4 is 17.5 Å². The van der Waals surface area contributed by atoms with E-state index in [0.29, 0.717) is 18.7 Å². The molecule has 0 radical (unpaired) electrons. The minimum Gasteiger partial charge on any atom is -0.350 e. The molecule has 2 amide bonds. The van der Waals surface area contributed by atoms with Gasteiger partial charge in [-0.25, -0.2) is 0 Å². The van der Waals surface area contributed by atoms with Crippen molar-refractivity contribution in [2.45, 2.75) is 13.8 Å². The fourth-order valence-corrected chi connectivity index (χ4v) is 2.07. The summed E-state index contributed by atoms with van der Waals surface area (Å²) in [5, 5.41) is 2.79. The monoisotopic (exact) mass is 297 g/mol. The number of nitrogens with zero attached hydrogens (tertiary/aromatic N) is 2. The highest BCUT2D eigenvalue weighted by Gasteiger charge is 2.12. The van der Waals surface area contributed by atoms with Crippen LogP contribution in [0.5, 0.6) is 0 Å². The van der Waals surface area contributed by atoms with Crippen LogP contribution in [-0.2, 0) is 4.79 Å². The summed E-state index contributed by atoms with van der Waals surface area (Å²) in [4.78, 5) is 29.3. The van der Waals surface area contributed by atoms with Crippen LogP contribution in [-0.4, -0.2) is 29.9 Å². The van der Waals surface area contributed by atoms with Gasteiger partial charge in [-0.2, -0.15) is 0 Å². The molecule has 114 valence electrons. The van der Waals surface area contributed by atoms with Gasteiger partial charge in [0.25, 0.3) is 5.91 Å². The first-order chi connectivity index (χ1) is 10.6. The Kier molecular flexibility index (Phi) is 5.25. The van der Waals surface area contributed by atoms with Crippen molar-refractivity contribution < 1.29 is 9.59 Å². The molecule has 0 aliphatic carbocycles. The molecule has 0 fully saturated rings. The van der Waals surface area contributed by atoms with Gasteiger partial charge in [-0.05, 0) is 31.2 Å². The highest BCUT2D eigenvalue weighted by molar-refractivity contribution is 5.94. The number of carbonyl (C=O) groups excluding carboxylic acids is 2. The molecule has 22 heavy (non-hydrogen) atoms. The van der Waals surface area contributed by atoms with Gasteiger partial charge in [0.1, 0.15) is 0 Å². The van der Waals surface area contributed by atoms with E-state index in [1.165, 1.54) is 13.1 Å². The van der Waals surface area contributed by atoms with E-state index in [2.05, 4.69) is 10.3 Å². The van der Waals surface area contributed by atoms with Crippen molar-refractivity contribution in [2.24, 2.45) is 0 Å². The molecule has 0 saturated heterocycles. The van der Waals surface area contributed by atoms with Gasteiger partial charge in [0.2, 0.25) is 5.91 Å². The predicted molar refractivity (Wildman–Crippen MR) is 85.8 cm³/mol. The number of amides is 2. The number of hydrogen-bond donors (Lipinski definition) is 1. The van der Waals surface area contributed by atoms with Gasteiger partial charge in [-0.15, -0.1) is 0 Å². The van der Waals surface area contributed by atoms with Gasteiger partial charge in [0.05, 0.1) is 5.56 Å². The lowest BCUT2D eigenvalue weighted by atomic mass is 10.2. The Hall–Kier alpha value is -2.69. The maximum absolute atomic E-state index is 11.9. The van der Waals surface area contributed by atoms with Crippen molar-refractivity contribution in [2.75, 3.05) is 18.0 Å². The summed E-state index contributed by atoms with van der Waals surface area (Å²) in [6.07, 6.45) is 3.13. The number of aryl methyl sites for hydroxylation is 1.